The predicted octanol–water partition coefficient (Wildman–Crippen LogP) is 4.26. The van der Waals surface area contributed by atoms with Crippen LogP contribution in [0, 0.1) is 6.92 Å². The zero-order valence-electron chi connectivity index (χ0n) is 18.4. The van der Waals surface area contributed by atoms with Gasteiger partial charge in [0, 0.05) is 23.7 Å². The number of amides is 1. The van der Waals surface area contributed by atoms with Gasteiger partial charge in [0.2, 0.25) is 6.41 Å². The number of carbonyl (C=O) groups excluding carboxylic acids is 1. The monoisotopic (exact) mass is 420 g/mol. The quantitative estimate of drug-likeness (QED) is 0.313. The van der Waals surface area contributed by atoms with Gasteiger partial charge in [-0.05, 0) is 46.6 Å². The zero-order valence-corrected chi connectivity index (χ0v) is 18.4. The summed E-state index contributed by atoms with van der Waals surface area (Å²) in [6, 6.07) is 10.3. The number of rotatable bonds is 7. The van der Waals surface area contributed by atoms with E-state index in [4.69, 9.17) is 4.52 Å². The molecule has 0 radical (unpaired) electrons. The third kappa shape index (κ3) is 5.53. The van der Waals surface area contributed by atoms with E-state index in [1.165, 1.54) is 5.56 Å². The SMILES string of the molecule is C/C=C(\C=N/NC=O)C(/C)=N/N=C(\C)N1CCCC1c1cc(-c2cccc(C)c2)on1. The van der Waals surface area contributed by atoms with Crippen LogP contribution >= 0.6 is 0 Å². The van der Waals surface area contributed by atoms with Crippen molar-refractivity contribution in [3.63, 3.8) is 0 Å². The third-order valence-corrected chi connectivity index (χ3v) is 5.25. The molecule has 2 heterocycles. The number of aryl methyl sites for hydroxylation is 1. The highest BCUT2D eigenvalue weighted by Crippen LogP contribution is 2.34. The largest absolute Gasteiger partial charge is 0.356 e. The Labute approximate surface area is 182 Å². The number of aromatic nitrogens is 1. The van der Waals surface area contributed by atoms with Crippen molar-refractivity contribution in [3.05, 3.63) is 53.2 Å². The molecule has 0 saturated carbocycles. The van der Waals surface area contributed by atoms with Crippen LogP contribution in [0.5, 0.6) is 0 Å². The van der Waals surface area contributed by atoms with Crippen molar-refractivity contribution in [2.24, 2.45) is 15.3 Å². The molecule has 8 heteroatoms. The van der Waals surface area contributed by atoms with E-state index < -0.39 is 0 Å². The van der Waals surface area contributed by atoms with Crippen molar-refractivity contribution in [2.75, 3.05) is 6.54 Å². The van der Waals surface area contributed by atoms with Gasteiger partial charge in [-0.25, -0.2) is 5.43 Å². The summed E-state index contributed by atoms with van der Waals surface area (Å²) in [4.78, 5) is 12.6. The number of nitrogens with one attached hydrogen (secondary N) is 1. The first-order chi connectivity index (χ1) is 15.0. The molecule has 1 N–H and O–H groups in total. The standard InChI is InChI=1S/C23H28N6O2/c1-5-19(14-24-25-15-30)17(3)26-27-18(4)29-11-7-10-22(29)21-13-23(31-28-21)20-9-6-8-16(2)12-20/h5-6,8-9,12-15,22H,7,10-11H2,1-4H3,(H,25,30)/b19-5+,24-14-,26-17+,27-18+. The van der Waals surface area contributed by atoms with E-state index in [0.717, 1.165) is 47.8 Å². The molecule has 1 fully saturated rings. The number of hydrogen-bond donors (Lipinski definition) is 1. The van der Waals surface area contributed by atoms with Crippen LogP contribution in [0.15, 0.2) is 61.8 Å². The fourth-order valence-corrected chi connectivity index (χ4v) is 3.62. The van der Waals surface area contributed by atoms with E-state index in [0.29, 0.717) is 12.1 Å². The lowest BCUT2D eigenvalue weighted by molar-refractivity contribution is -0.109. The van der Waals surface area contributed by atoms with Gasteiger partial charge in [-0.3, -0.25) is 4.79 Å². The van der Waals surface area contributed by atoms with Gasteiger partial charge in [-0.1, -0.05) is 35.0 Å². The topological polar surface area (TPSA) is 95.5 Å². The average Bonchev–Trinajstić information content (AvgIpc) is 3.44. The van der Waals surface area contributed by atoms with E-state index in [1.54, 1.807) is 6.21 Å². The van der Waals surface area contributed by atoms with Gasteiger partial charge < -0.3 is 9.42 Å². The molecule has 1 atom stereocenters. The lowest BCUT2D eigenvalue weighted by Crippen LogP contribution is -2.28. The first-order valence-corrected chi connectivity index (χ1v) is 10.3. The average molecular weight is 421 g/mol. The van der Waals surface area contributed by atoms with E-state index >= 15 is 0 Å². The molecule has 1 amide bonds. The normalized spacial score (nSPS) is 18.1. The minimum Gasteiger partial charge on any atom is -0.356 e. The van der Waals surface area contributed by atoms with Gasteiger partial charge >= 0.3 is 0 Å². The summed E-state index contributed by atoms with van der Waals surface area (Å²) in [6.07, 6.45) is 5.95. The number of benzene rings is 1. The predicted molar refractivity (Wildman–Crippen MR) is 123 cm³/mol. The maximum atomic E-state index is 10.3. The number of allylic oxidation sites excluding steroid dienone is 2. The number of likely N-dealkylation sites (tertiary alicyclic amines) is 1. The Morgan fingerprint density at radius 1 is 1.29 bits per heavy atom. The highest BCUT2D eigenvalue weighted by atomic mass is 16.5. The minimum atomic E-state index is 0.112. The van der Waals surface area contributed by atoms with Crippen molar-refractivity contribution in [2.45, 2.75) is 46.6 Å². The summed E-state index contributed by atoms with van der Waals surface area (Å²) in [5, 5.41) is 16.9. The maximum Gasteiger partial charge on any atom is 0.227 e. The maximum absolute atomic E-state index is 10.3. The number of nitrogens with zero attached hydrogens (tertiary/aromatic N) is 5. The van der Waals surface area contributed by atoms with Crippen LogP contribution in [0.2, 0.25) is 0 Å². The molecule has 1 aromatic heterocycles. The number of hydrogen-bond acceptors (Lipinski definition) is 6. The lowest BCUT2D eigenvalue weighted by Gasteiger charge is -2.23. The molecular weight excluding hydrogens is 392 g/mol. The second-order valence-electron chi connectivity index (χ2n) is 7.42. The fraction of sp³-hybridized carbons (Fsp3) is 0.348. The van der Waals surface area contributed by atoms with Crippen molar-refractivity contribution < 1.29 is 9.32 Å². The van der Waals surface area contributed by atoms with Crippen molar-refractivity contribution in [1.82, 2.24) is 15.5 Å². The summed E-state index contributed by atoms with van der Waals surface area (Å²) in [5.74, 6) is 1.59. The van der Waals surface area contributed by atoms with Crippen LogP contribution < -0.4 is 5.43 Å². The highest BCUT2D eigenvalue weighted by Gasteiger charge is 2.30. The van der Waals surface area contributed by atoms with E-state index in [2.05, 4.69) is 49.8 Å². The Hall–Kier alpha value is -3.55. The Morgan fingerprint density at radius 2 is 2.13 bits per heavy atom. The van der Waals surface area contributed by atoms with Crippen LogP contribution in [0.25, 0.3) is 11.3 Å². The molecule has 0 aliphatic carbocycles. The van der Waals surface area contributed by atoms with Gasteiger partial charge in [-0.15, -0.1) is 5.10 Å². The second kappa shape index (κ2) is 10.5. The molecule has 1 aromatic carbocycles. The molecule has 1 aliphatic heterocycles. The van der Waals surface area contributed by atoms with Crippen LogP contribution in [0.1, 0.15) is 50.9 Å². The fourth-order valence-electron chi connectivity index (χ4n) is 3.62. The number of hydrazone groups is 1. The third-order valence-electron chi connectivity index (χ3n) is 5.25. The molecule has 31 heavy (non-hydrogen) atoms. The first kappa shape index (κ1) is 22.1. The van der Waals surface area contributed by atoms with Crippen LogP contribution in [0.4, 0.5) is 0 Å². The lowest BCUT2D eigenvalue weighted by atomic mass is 10.1. The molecule has 0 spiro atoms. The smallest absolute Gasteiger partial charge is 0.227 e. The van der Waals surface area contributed by atoms with Crippen LogP contribution in [0.3, 0.4) is 0 Å². The van der Waals surface area contributed by atoms with E-state index in [9.17, 15) is 4.79 Å². The summed E-state index contributed by atoms with van der Waals surface area (Å²) >= 11 is 0. The molecule has 2 aromatic rings. The molecule has 162 valence electrons. The Morgan fingerprint density at radius 3 is 2.87 bits per heavy atom. The first-order valence-electron chi connectivity index (χ1n) is 10.3. The van der Waals surface area contributed by atoms with Gasteiger partial charge in [0.25, 0.3) is 0 Å². The Bertz CT molecular complexity index is 1030. The molecular formula is C23H28N6O2. The zero-order chi connectivity index (χ0) is 22.2. The van der Waals surface area contributed by atoms with Gasteiger partial charge in [0.15, 0.2) is 5.76 Å². The molecule has 1 saturated heterocycles. The van der Waals surface area contributed by atoms with Crippen molar-refractivity contribution in [3.8, 4) is 11.3 Å². The summed E-state index contributed by atoms with van der Waals surface area (Å²) in [5.41, 5.74) is 6.85. The molecule has 3 rings (SSSR count). The molecule has 0 bridgehead atoms. The Balaban J connectivity index is 1.76. The van der Waals surface area contributed by atoms with Crippen molar-refractivity contribution in [1.29, 1.82) is 0 Å². The number of amidine groups is 1. The van der Waals surface area contributed by atoms with Gasteiger partial charge in [-0.2, -0.15) is 10.2 Å². The summed E-state index contributed by atoms with van der Waals surface area (Å²) in [7, 11) is 0. The second-order valence-corrected chi connectivity index (χ2v) is 7.42. The highest BCUT2D eigenvalue weighted by molar-refractivity contribution is 6.15. The van der Waals surface area contributed by atoms with E-state index in [-0.39, 0.29) is 6.04 Å². The van der Waals surface area contributed by atoms with Crippen LogP contribution in [-0.4, -0.2) is 40.8 Å². The molecule has 1 aliphatic rings. The Kier molecular flexibility index (Phi) is 7.48. The van der Waals surface area contributed by atoms with Crippen molar-refractivity contribution >= 4 is 24.2 Å². The minimum absolute atomic E-state index is 0.112. The number of carbonyl (C=O) groups is 1. The van der Waals surface area contributed by atoms with Gasteiger partial charge in [0.05, 0.1) is 18.0 Å². The summed E-state index contributed by atoms with van der Waals surface area (Å²) < 4.78 is 5.64. The molecule has 8 nitrogen and oxygen atoms in total. The van der Waals surface area contributed by atoms with Crippen LogP contribution in [-0.2, 0) is 4.79 Å². The van der Waals surface area contributed by atoms with E-state index in [1.807, 2.05) is 45.0 Å². The molecule has 1 unspecified atom stereocenters. The summed E-state index contributed by atoms with van der Waals surface area (Å²) in [6.45, 7) is 8.64. The van der Waals surface area contributed by atoms with Gasteiger partial charge in [0.1, 0.15) is 11.5 Å².